The Morgan fingerprint density at radius 3 is 2.59 bits per heavy atom. The average molecular weight is 396 g/mol. The zero-order chi connectivity index (χ0) is 20.6. The lowest BCUT2D eigenvalue weighted by Crippen LogP contribution is -2.47. The minimum atomic E-state index is -0.443. The van der Waals surface area contributed by atoms with Crippen molar-refractivity contribution >= 4 is 11.9 Å². The van der Waals surface area contributed by atoms with E-state index in [1.165, 1.54) is 12.7 Å². The van der Waals surface area contributed by atoms with Crippen LogP contribution in [0.5, 0.6) is 0 Å². The topological polar surface area (TPSA) is 61.9 Å². The summed E-state index contributed by atoms with van der Waals surface area (Å²) in [5.74, 6) is -0.615. The molecule has 0 saturated carbocycles. The quantitative estimate of drug-likeness (QED) is 0.577. The third-order valence-corrected chi connectivity index (χ3v) is 5.33. The van der Waals surface area contributed by atoms with E-state index in [1.54, 1.807) is 24.3 Å². The number of piperazine rings is 1. The van der Waals surface area contributed by atoms with Gasteiger partial charge in [0.25, 0.3) is 5.91 Å². The molecule has 154 valence electrons. The zero-order valence-corrected chi connectivity index (χ0v) is 17.1. The number of hydrogen-bond donors (Lipinski definition) is 1. The Morgan fingerprint density at radius 2 is 1.83 bits per heavy atom. The van der Waals surface area contributed by atoms with Crippen LogP contribution in [0.25, 0.3) is 0 Å². The Bertz CT molecular complexity index is 825. The SMILES string of the molecule is COC(=O)c1cccc(C(=O)NCCCN2CCN(C)CC2c2ccccc2)c1. The molecule has 6 heteroatoms. The number of nitrogens with zero attached hydrogens (tertiary/aromatic N) is 2. The van der Waals surface area contributed by atoms with Crippen molar-refractivity contribution < 1.29 is 14.3 Å². The molecule has 1 fully saturated rings. The van der Waals surface area contributed by atoms with Crippen LogP contribution < -0.4 is 5.32 Å². The molecule has 0 radical (unpaired) electrons. The Hall–Kier alpha value is -2.70. The Labute approximate surface area is 172 Å². The molecule has 0 spiro atoms. The van der Waals surface area contributed by atoms with Gasteiger partial charge in [-0.2, -0.15) is 0 Å². The molecule has 1 amide bonds. The van der Waals surface area contributed by atoms with Crippen molar-refractivity contribution in [3.8, 4) is 0 Å². The van der Waals surface area contributed by atoms with Crippen molar-refractivity contribution in [1.82, 2.24) is 15.1 Å². The van der Waals surface area contributed by atoms with Gasteiger partial charge in [-0.05, 0) is 37.2 Å². The van der Waals surface area contributed by atoms with Crippen LogP contribution >= 0.6 is 0 Å². The van der Waals surface area contributed by atoms with Gasteiger partial charge in [-0.3, -0.25) is 9.69 Å². The largest absolute Gasteiger partial charge is 0.465 e. The number of amides is 1. The fraction of sp³-hybridized carbons (Fsp3) is 0.391. The van der Waals surface area contributed by atoms with Crippen LogP contribution in [0, 0.1) is 0 Å². The minimum absolute atomic E-state index is 0.172. The number of rotatable bonds is 7. The first-order valence-electron chi connectivity index (χ1n) is 10.0. The lowest BCUT2D eigenvalue weighted by Gasteiger charge is -2.40. The molecule has 0 aliphatic carbocycles. The summed E-state index contributed by atoms with van der Waals surface area (Å²) in [7, 11) is 3.49. The van der Waals surface area contributed by atoms with Crippen LogP contribution in [0.4, 0.5) is 0 Å². The van der Waals surface area contributed by atoms with E-state index >= 15 is 0 Å². The van der Waals surface area contributed by atoms with Gasteiger partial charge in [0.05, 0.1) is 12.7 Å². The van der Waals surface area contributed by atoms with E-state index in [-0.39, 0.29) is 5.91 Å². The highest BCUT2D eigenvalue weighted by molar-refractivity contribution is 5.97. The van der Waals surface area contributed by atoms with Crippen molar-refractivity contribution in [3.05, 3.63) is 71.3 Å². The zero-order valence-electron chi connectivity index (χ0n) is 17.1. The van der Waals surface area contributed by atoms with Gasteiger partial charge in [-0.25, -0.2) is 4.79 Å². The maximum atomic E-state index is 12.4. The Balaban J connectivity index is 1.51. The molecule has 0 bridgehead atoms. The molecule has 1 N–H and O–H groups in total. The van der Waals surface area contributed by atoms with Gasteiger partial charge < -0.3 is 15.0 Å². The minimum Gasteiger partial charge on any atom is -0.465 e. The molecule has 29 heavy (non-hydrogen) atoms. The Morgan fingerprint density at radius 1 is 1.07 bits per heavy atom. The summed E-state index contributed by atoms with van der Waals surface area (Å²) in [5, 5.41) is 2.96. The van der Waals surface area contributed by atoms with E-state index in [1.807, 2.05) is 6.07 Å². The maximum absolute atomic E-state index is 12.4. The van der Waals surface area contributed by atoms with Gasteiger partial charge >= 0.3 is 5.97 Å². The second-order valence-electron chi connectivity index (χ2n) is 7.41. The van der Waals surface area contributed by atoms with Crippen molar-refractivity contribution in [2.45, 2.75) is 12.5 Å². The van der Waals surface area contributed by atoms with Gasteiger partial charge in [-0.15, -0.1) is 0 Å². The van der Waals surface area contributed by atoms with E-state index in [0.717, 1.165) is 32.6 Å². The summed E-state index contributed by atoms with van der Waals surface area (Å²) in [4.78, 5) is 28.9. The molecule has 1 aliphatic rings. The number of carbonyl (C=O) groups excluding carboxylic acids is 2. The number of ether oxygens (including phenoxy) is 1. The summed E-state index contributed by atoms with van der Waals surface area (Å²) in [6, 6.07) is 17.6. The summed E-state index contributed by atoms with van der Waals surface area (Å²) < 4.78 is 4.71. The molecule has 1 atom stereocenters. The highest BCUT2D eigenvalue weighted by Gasteiger charge is 2.25. The molecule has 3 rings (SSSR count). The first kappa shape index (κ1) is 21.0. The number of methoxy groups -OCH3 is 1. The van der Waals surface area contributed by atoms with Gasteiger partial charge in [0.15, 0.2) is 0 Å². The molecule has 1 heterocycles. The summed E-state index contributed by atoms with van der Waals surface area (Å²) >= 11 is 0. The van der Waals surface area contributed by atoms with Crippen molar-refractivity contribution in [2.75, 3.05) is 46.9 Å². The summed E-state index contributed by atoms with van der Waals surface area (Å²) in [5.41, 5.74) is 2.18. The standard InChI is InChI=1S/C23H29N3O3/c1-25-14-15-26(21(17-25)18-8-4-3-5-9-18)13-7-12-24-22(27)19-10-6-11-20(16-19)23(28)29-2/h3-6,8-11,16,21H,7,12-15,17H2,1-2H3,(H,24,27). The van der Waals surface area contributed by atoms with E-state index < -0.39 is 5.97 Å². The molecule has 1 unspecified atom stereocenters. The third kappa shape index (κ3) is 5.65. The monoisotopic (exact) mass is 395 g/mol. The number of esters is 1. The number of benzene rings is 2. The smallest absolute Gasteiger partial charge is 0.337 e. The van der Waals surface area contributed by atoms with Gasteiger partial charge in [0, 0.05) is 44.3 Å². The van der Waals surface area contributed by atoms with Crippen LogP contribution in [0.2, 0.25) is 0 Å². The normalized spacial score (nSPS) is 17.7. The van der Waals surface area contributed by atoms with Crippen LogP contribution in [-0.2, 0) is 4.74 Å². The number of likely N-dealkylation sites (N-methyl/N-ethyl adjacent to an activating group) is 1. The Kier molecular flexibility index (Phi) is 7.38. The number of nitrogens with one attached hydrogen (secondary N) is 1. The molecule has 2 aromatic rings. The molecule has 0 aromatic heterocycles. The molecule has 2 aromatic carbocycles. The lowest BCUT2D eigenvalue weighted by atomic mass is 10.0. The fourth-order valence-electron chi connectivity index (χ4n) is 3.71. The van der Waals surface area contributed by atoms with E-state index in [9.17, 15) is 9.59 Å². The second-order valence-corrected chi connectivity index (χ2v) is 7.41. The lowest BCUT2D eigenvalue weighted by molar-refractivity contribution is 0.0600. The molecular formula is C23H29N3O3. The second kappa shape index (κ2) is 10.2. The van der Waals surface area contributed by atoms with Crippen LogP contribution in [0.15, 0.2) is 54.6 Å². The predicted octanol–water partition coefficient (Wildman–Crippen LogP) is 2.58. The first-order chi connectivity index (χ1) is 14.1. The highest BCUT2D eigenvalue weighted by Crippen LogP contribution is 2.24. The third-order valence-electron chi connectivity index (χ3n) is 5.33. The average Bonchev–Trinajstić information content (AvgIpc) is 2.77. The van der Waals surface area contributed by atoms with Crippen LogP contribution in [0.3, 0.4) is 0 Å². The van der Waals surface area contributed by atoms with Crippen molar-refractivity contribution in [1.29, 1.82) is 0 Å². The van der Waals surface area contributed by atoms with Gasteiger partial charge in [0.2, 0.25) is 0 Å². The van der Waals surface area contributed by atoms with E-state index in [4.69, 9.17) is 4.74 Å². The highest BCUT2D eigenvalue weighted by atomic mass is 16.5. The summed E-state index contributed by atoms with van der Waals surface area (Å²) in [6.45, 7) is 4.60. The molecular weight excluding hydrogens is 366 g/mol. The maximum Gasteiger partial charge on any atom is 0.337 e. The van der Waals surface area contributed by atoms with Gasteiger partial charge in [0.1, 0.15) is 0 Å². The van der Waals surface area contributed by atoms with Crippen LogP contribution in [0.1, 0.15) is 38.7 Å². The predicted molar refractivity (Wildman–Crippen MR) is 113 cm³/mol. The van der Waals surface area contributed by atoms with Crippen molar-refractivity contribution in [2.24, 2.45) is 0 Å². The number of carbonyl (C=O) groups is 2. The van der Waals surface area contributed by atoms with Crippen molar-refractivity contribution in [3.63, 3.8) is 0 Å². The van der Waals surface area contributed by atoms with E-state index in [2.05, 4.69) is 46.4 Å². The first-order valence-corrected chi connectivity index (χ1v) is 10.0. The molecule has 6 nitrogen and oxygen atoms in total. The van der Waals surface area contributed by atoms with Crippen LogP contribution in [-0.4, -0.2) is 68.6 Å². The fourth-order valence-corrected chi connectivity index (χ4v) is 3.71. The molecule has 1 aliphatic heterocycles. The number of hydrogen-bond acceptors (Lipinski definition) is 5. The summed E-state index contributed by atoms with van der Waals surface area (Å²) in [6.07, 6.45) is 0.871. The molecule has 1 saturated heterocycles. The van der Waals surface area contributed by atoms with E-state index in [0.29, 0.717) is 23.7 Å². The van der Waals surface area contributed by atoms with Gasteiger partial charge in [-0.1, -0.05) is 36.4 Å².